The fraction of sp³-hybridized carbons (Fsp3) is 0.583. The molecule has 1 aromatic rings. The maximum atomic E-state index is 10.9. The lowest BCUT2D eigenvalue weighted by atomic mass is 9.96. The molecule has 0 aromatic carbocycles. The maximum Gasteiger partial charge on any atom is 0.339 e. The van der Waals surface area contributed by atoms with Gasteiger partial charge in [-0.1, -0.05) is 6.92 Å². The molecular weight excluding hydrogens is 222 g/mol. The molecule has 1 aliphatic rings. The largest absolute Gasteiger partial charge is 0.478 e. The van der Waals surface area contributed by atoms with Crippen LogP contribution in [0.25, 0.3) is 0 Å². The van der Waals surface area contributed by atoms with Crippen LogP contribution in [0.4, 0.5) is 0 Å². The molecule has 94 valence electrons. The van der Waals surface area contributed by atoms with E-state index in [1.807, 2.05) is 11.8 Å². The number of rotatable bonds is 3. The summed E-state index contributed by atoms with van der Waals surface area (Å²) < 4.78 is 5.19. The standard InChI is InChI=1S/C12H17NO4/c1-8-2-4-13(6-10(8)14)7-11-9(12(15)16)3-5-17-11/h3,5,8,10,14H,2,4,6-7H2,1H3,(H,15,16). The summed E-state index contributed by atoms with van der Waals surface area (Å²) in [5.41, 5.74) is 0.207. The second-order valence-electron chi connectivity index (χ2n) is 4.63. The van der Waals surface area contributed by atoms with Gasteiger partial charge < -0.3 is 14.6 Å². The van der Waals surface area contributed by atoms with Crippen LogP contribution >= 0.6 is 0 Å². The molecule has 0 radical (unpaired) electrons. The van der Waals surface area contributed by atoms with Crippen LogP contribution in [0.15, 0.2) is 16.7 Å². The normalized spacial score (nSPS) is 26.0. The quantitative estimate of drug-likeness (QED) is 0.828. The van der Waals surface area contributed by atoms with Crippen LogP contribution in [0.1, 0.15) is 29.5 Å². The van der Waals surface area contributed by atoms with Crippen molar-refractivity contribution in [3.05, 3.63) is 23.7 Å². The van der Waals surface area contributed by atoms with E-state index in [0.717, 1.165) is 13.0 Å². The van der Waals surface area contributed by atoms with Crippen LogP contribution in [0.5, 0.6) is 0 Å². The van der Waals surface area contributed by atoms with E-state index in [0.29, 0.717) is 24.8 Å². The SMILES string of the molecule is CC1CCN(Cc2occc2C(=O)O)CC1O. The molecular formula is C12H17NO4. The lowest BCUT2D eigenvalue weighted by molar-refractivity contribution is 0.0231. The Labute approximate surface area is 99.6 Å². The molecule has 2 heterocycles. The van der Waals surface area contributed by atoms with Crippen molar-refractivity contribution in [2.75, 3.05) is 13.1 Å². The first-order valence-corrected chi connectivity index (χ1v) is 5.78. The fourth-order valence-electron chi connectivity index (χ4n) is 2.11. The Bertz CT molecular complexity index is 401. The zero-order valence-electron chi connectivity index (χ0n) is 9.80. The second kappa shape index (κ2) is 4.89. The summed E-state index contributed by atoms with van der Waals surface area (Å²) in [7, 11) is 0. The van der Waals surface area contributed by atoms with Gasteiger partial charge in [0.15, 0.2) is 0 Å². The van der Waals surface area contributed by atoms with Gasteiger partial charge in [0, 0.05) is 6.54 Å². The van der Waals surface area contributed by atoms with E-state index in [-0.39, 0.29) is 11.7 Å². The molecule has 5 heteroatoms. The summed E-state index contributed by atoms with van der Waals surface area (Å²) in [4.78, 5) is 12.9. The lowest BCUT2D eigenvalue weighted by Gasteiger charge is -2.33. The summed E-state index contributed by atoms with van der Waals surface area (Å²) in [5.74, 6) is -0.208. The van der Waals surface area contributed by atoms with Gasteiger partial charge in [-0.3, -0.25) is 4.90 Å². The highest BCUT2D eigenvalue weighted by molar-refractivity contribution is 5.88. The third-order valence-electron chi connectivity index (χ3n) is 3.35. The van der Waals surface area contributed by atoms with Gasteiger partial charge in [-0.05, 0) is 24.9 Å². The first-order valence-electron chi connectivity index (χ1n) is 5.78. The van der Waals surface area contributed by atoms with Crippen LogP contribution in [0, 0.1) is 5.92 Å². The van der Waals surface area contributed by atoms with Crippen molar-refractivity contribution in [2.24, 2.45) is 5.92 Å². The molecule has 1 aromatic heterocycles. The molecule has 17 heavy (non-hydrogen) atoms. The van der Waals surface area contributed by atoms with Crippen molar-refractivity contribution in [2.45, 2.75) is 26.0 Å². The average Bonchev–Trinajstić information content (AvgIpc) is 2.72. The predicted octanol–water partition coefficient (Wildman–Crippen LogP) is 1.18. The van der Waals surface area contributed by atoms with Crippen LogP contribution in [0.3, 0.4) is 0 Å². The predicted molar refractivity (Wildman–Crippen MR) is 60.7 cm³/mol. The van der Waals surface area contributed by atoms with Crippen LogP contribution in [-0.4, -0.2) is 40.3 Å². The number of carboxylic acids is 1. The first-order chi connectivity index (χ1) is 8.08. The average molecular weight is 239 g/mol. The number of piperidine rings is 1. The van der Waals surface area contributed by atoms with Gasteiger partial charge >= 0.3 is 5.97 Å². The summed E-state index contributed by atoms with van der Waals surface area (Å²) >= 11 is 0. The minimum Gasteiger partial charge on any atom is -0.478 e. The van der Waals surface area contributed by atoms with Crippen molar-refractivity contribution in [3.63, 3.8) is 0 Å². The Balaban J connectivity index is 2.01. The number of hydrogen-bond acceptors (Lipinski definition) is 4. The van der Waals surface area contributed by atoms with Crippen molar-refractivity contribution < 1.29 is 19.4 Å². The molecule has 1 saturated heterocycles. The number of carbonyl (C=O) groups is 1. The zero-order valence-corrected chi connectivity index (χ0v) is 9.80. The minimum absolute atomic E-state index is 0.207. The first kappa shape index (κ1) is 12.1. The summed E-state index contributed by atoms with van der Waals surface area (Å²) in [6.45, 7) is 3.90. The van der Waals surface area contributed by atoms with Crippen molar-refractivity contribution in [1.82, 2.24) is 4.90 Å². The van der Waals surface area contributed by atoms with Crippen molar-refractivity contribution in [1.29, 1.82) is 0 Å². The molecule has 2 rings (SSSR count). The number of aliphatic hydroxyl groups excluding tert-OH is 1. The Morgan fingerprint density at radius 2 is 2.41 bits per heavy atom. The molecule has 0 bridgehead atoms. The van der Waals surface area contributed by atoms with Gasteiger partial charge in [-0.15, -0.1) is 0 Å². The number of aromatic carboxylic acids is 1. The number of nitrogens with zero attached hydrogens (tertiary/aromatic N) is 1. The fourth-order valence-corrected chi connectivity index (χ4v) is 2.11. The Hall–Kier alpha value is -1.33. The topological polar surface area (TPSA) is 73.9 Å². The highest BCUT2D eigenvalue weighted by Crippen LogP contribution is 2.20. The van der Waals surface area contributed by atoms with E-state index < -0.39 is 5.97 Å². The molecule has 1 fully saturated rings. The summed E-state index contributed by atoms with van der Waals surface area (Å²) in [6, 6.07) is 1.46. The van der Waals surface area contributed by atoms with E-state index in [9.17, 15) is 9.90 Å². The number of aliphatic hydroxyl groups is 1. The van der Waals surface area contributed by atoms with E-state index in [4.69, 9.17) is 9.52 Å². The third-order valence-corrected chi connectivity index (χ3v) is 3.35. The molecule has 2 atom stereocenters. The number of β-amino-alcohol motifs (C(OH)–C–C–N with tert-alkyl or cyclic N) is 1. The van der Waals surface area contributed by atoms with Gasteiger partial charge in [0.2, 0.25) is 0 Å². The Morgan fingerprint density at radius 3 is 3.06 bits per heavy atom. The Kier molecular flexibility index (Phi) is 3.49. The molecule has 0 spiro atoms. The van der Waals surface area contributed by atoms with E-state index in [1.165, 1.54) is 12.3 Å². The van der Waals surface area contributed by atoms with E-state index >= 15 is 0 Å². The number of furan rings is 1. The van der Waals surface area contributed by atoms with Gasteiger partial charge in [0.1, 0.15) is 11.3 Å². The second-order valence-corrected chi connectivity index (χ2v) is 4.63. The maximum absolute atomic E-state index is 10.9. The Morgan fingerprint density at radius 1 is 1.65 bits per heavy atom. The lowest BCUT2D eigenvalue weighted by Crippen LogP contribution is -2.42. The molecule has 1 aliphatic heterocycles. The van der Waals surface area contributed by atoms with Gasteiger partial charge in [0.05, 0.1) is 18.9 Å². The zero-order chi connectivity index (χ0) is 12.4. The van der Waals surface area contributed by atoms with E-state index in [2.05, 4.69) is 0 Å². The smallest absolute Gasteiger partial charge is 0.339 e. The molecule has 5 nitrogen and oxygen atoms in total. The molecule has 2 N–H and O–H groups in total. The minimum atomic E-state index is -0.973. The number of carboxylic acid groups (broad SMARTS) is 1. The monoisotopic (exact) mass is 239 g/mol. The highest BCUT2D eigenvalue weighted by atomic mass is 16.4. The van der Waals surface area contributed by atoms with Crippen molar-refractivity contribution in [3.8, 4) is 0 Å². The van der Waals surface area contributed by atoms with Gasteiger partial charge in [-0.2, -0.15) is 0 Å². The van der Waals surface area contributed by atoms with Gasteiger partial charge in [0.25, 0.3) is 0 Å². The van der Waals surface area contributed by atoms with E-state index in [1.54, 1.807) is 0 Å². The summed E-state index contributed by atoms with van der Waals surface area (Å²) in [5, 5.41) is 18.7. The number of likely N-dealkylation sites (tertiary alicyclic amines) is 1. The van der Waals surface area contributed by atoms with Gasteiger partial charge in [-0.25, -0.2) is 4.79 Å². The van der Waals surface area contributed by atoms with Crippen molar-refractivity contribution >= 4 is 5.97 Å². The number of hydrogen-bond donors (Lipinski definition) is 2. The summed E-state index contributed by atoms with van der Waals surface area (Å²) in [6.07, 6.45) is 1.97. The molecule has 0 amide bonds. The molecule has 2 unspecified atom stereocenters. The van der Waals surface area contributed by atoms with Crippen LogP contribution in [-0.2, 0) is 6.54 Å². The van der Waals surface area contributed by atoms with Crippen LogP contribution in [0.2, 0.25) is 0 Å². The molecule has 0 aliphatic carbocycles. The third kappa shape index (κ3) is 2.68. The highest BCUT2D eigenvalue weighted by Gasteiger charge is 2.26. The molecule has 0 saturated carbocycles. The van der Waals surface area contributed by atoms with Crippen LogP contribution < -0.4 is 0 Å².